The Balaban J connectivity index is 1.39. The molecule has 0 bridgehead atoms. The Morgan fingerprint density at radius 3 is 2.55 bits per heavy atom. The number of para-hydroxylation sites is 2. The van der Waals surface area contributed by atoms with Crippen molar-refractivity contribution in [2.45, 2.75) is 6.54 Å². The van der Waals surface area contributed by atoms with Crippen LogP contribution < -0.4 is 20.1 Å². The number of hydrogen-bond acceptors (Lipinski definition) is 4. The van der Waals surface area contributed by atoms with E-state index in [1.54, 1.807) is 30.3 Å². The van der Waals surface area contributed by atoms with Crippen molar-refractivity contribution in [2.75, 3.05) is 18.5 Å². The van der Waals surface area contributed by atoms with E-state index in [-0.39, 0.29) is 11.8 Å². The lowest BCUT2D eigenvalue weighted by atomic mass is 10.1. The van der Waals surface area contributed by atoms with E-state index in [0.29, 0.717) is 42.3 Å². The number of ether oxygens (including phenoxy) is 2. The first-order valence-corrected chi connectivity index (χ1v) is 9.33. The zero-order valence-corrected chi connectivity index (χ0v) is 15.7. The third-order valence-corrected chi connectivity index (χ3v) is 4.54. The molecule has 0 aromatic heterocycles. The molecule has 0 aliphatic carbocycles. The summed E-state index contributed by atoms with van der Waals surface area (Å²) < 4.78 is 11.4. The summed E-state index contributed by atoms with van der Waals surface area (Å²) >= 11 is 0. The van der Waals surface area contributed by atoms with E-state index in [2.05, 4.69) is 10.6 Å². The lowest BCUT2D eigenvalue weighted by molar-refractivity contribution is 0.0964. The van der Waals surface area contributed by atoms with Gasteiger partial charge in [0.25, 0.3) is 11.8 Å². The molecule has 29 heavy (non-hydrogen) atoms. The average Bonchev–Trinajstić information content (AvgIpc) is 3.12. The fraction of sp³-hybridized carbons (Fsp3) is 0.130. The lowest BCUT2D eigenvalue weighted by Crippen LogP contribution is -2.16. The number of fused-ring (bicyclic) bond motifs is 1. The van der Waals surface area contributed by atoms with Gasteiger partial charge in [-0.05, 0) is 42.0 Å². The van der Waals surface area contributed by atoms with Crippen molar-refractivity contribution < 1.29 is 19.1 Å². The number of anilines is 1. The van der Waals surface area contributed by atoms with Crippen molar-refractivity contribution in [2.24, 2.45) is 0 Å². The predicted molar refractivity (Wildman–Crippen MR) is 109 cm³/mol. The van der Waals surface area contributed by atoms with Gasteiger partial charge in [0.1, 0.15) is 24.7 Å². The molecule has 1 aliphatic heterocycles. The summed E-state index contributed by atoms with van der Waals surface area (Å²) in [7, 11) is 0. The summed E-state index contributed by atoms with van der Waals surface area (Å²) in [5.74, 6) is 0.810. The van der Waals surface area contributed by atoms with Gasteiger partial charge in [0.15, 0.2) is 0 Å². The molecule has 146 valence electrons. The minimum Gasteiger partial charge on any atom is -0.490 e. The first-order valence-electron chi connectivity index (χ1n) is 9.33. The molecule has 0 spiro atoms. The molecule has 0 saturated carbocycles. The summed E-state index contributed by atoms with van der Waals surface area (Å²) in [6, 6.07) is 21.8. The van der Waals surface area contributed by atoms with Crippen LogP contribution in [0.15, 0.2) is 72.8 Å². The molecule has 0 radical (unpaired) electrons. The van der Waals surface area contributed by atoms with Gasteiger partial charge >= 0.3 is 0 Å². The number of carbonyl (C=O) groups is 2. The Bertz CT molecular complexity index is 1030. The molecule has 6 nitrogen and oxygen atoms in total. The van der Waals surface area contributed by atoms with Crippen molar-refractivity contribution in [1.29, 1.82) is 0 Å². The highest BCUT2D eigenvalue weighted by Gasteiger charge is 2.20. The largest absolute Gasteiger partial charge is 0.490 e. The zero-order valence-electron chi connectivity index (χ0n) is 15.7. The van der Waals surface area contributed by atoms with Crippen molar-refractivity contribution in [1.82, 2.24) is 5.32 Å². The van der Waals surface area contributed by atoms with Crippen LogP contribution in [-0.4, -0.2) is 25.0 Å². The first-order chi connectivity index (χ1) is 14.2. The van der Waals surface area contributed by atoms with Crippen molar-refractivity contribution in [3.8, 4) is 11.5 Å². The second kappa shape index (κ2) is 8.48. The van der Waals surface area contributed by atoms with Gasteiger partial charge in [-0.25, -0.2) is 0 Å². The maximum Gasteiger partial charge on any atom is 0.259 e. The summed E-state index contributed by atoms with van der Waals surface area (Å²) in [5.41, 5.74) is 2.49. The Labute approximate surface area is 168 Å². The molecule has 6 heteroatoms. The minimum absolute atomic E-state index is 0.127. The maximum absolute atomic E-state index is 12.7. The molecule has 4 rings (SSSR count). The smallest absolute Gasteiger partial charge is 0.259 e. The molecule has 1 aliphatic rings. The third kappa shape index (κ3) is 4.38. The van der Waals surface area contributed by atoms with Gasteiger partial charge in [-0.3, -0.25) is 9.59 Å². The van der Waals surface area contributed by atoms with E-state index in [1.165, 1.54) is 0 Å². The number of amides is 2. The number of nitrogens with one attached hydrogen (secondary N) is 2. The summed E-state index contributed by atoms with van der Waals surface area (Å²) in [6.45, 7) is 1.18. The van der Waals surface area contributed by atoms with Gasteiger partial charge in [0.2, 0.25) is 0 Å². The molecule has 0 fully saturated rings. The highest BCUT2D eigenvalue weighted by molar-refractivity contribution is 6.07. The second-order valence-electron chi connectivity index (χ2n) is 6.51. The Morgan fingerprint density at radius 2 is 1.69 bits per heavy atom. The summed E-state index contributed by atoms with van der Waals surface area (Å²) in [5, 5.41) is 5.60. The third-order valence-electron chi connectivity index (χ3n) is 4.54. The molecule has 0 saturated heterocycles. The molecular weight excluding hydrogens is 368 g/mol. The average molecular weight is 388 g/mol. The van der Waals surface area contributed by atoms with Crippen LogP contribution in [0.4, 0.5) is 5.69 Å². The van der Waals surface area contributed by atoms with E-state index >= 15 is 0 Å². The van der Waals surface area contributed by atoms with Crippen LogP contribution in [0.1, 0.15) is 26.3 Å². The summed E-state index contributed by atoms with van der Waals surface area (Å²) in [6.07, 6.45) is 0. The molecule has 2 amide bonds. The Kier molecular flexibility index (Phi) is 5.42. The number of rotatable bonds is 7. The minimum atomic E-state index is -0.303. The van der Waals surface area contributed by atoms with Crippen molar-refractivity contribution in [3.05, 3.63) is 89.5 Å². The second-order valence-corrected chi connectivity index (χ2v) is 6.51. The van der Waals surface area contributed by atoms with Gasteiger partial charge in [-0.1, -0.05) is 36.4 Å². The topological polar surface area (TPSA) is 76.7 Å². The molecular formula is C23H20N2O4. The normalized spacial score (nSPS) is 12.1. The number of hydrogen-bond donors (Lipinski definition) is 2. The van der Waals surface area contributed by atoms with Crippen LogP contribution in [-0.2, 0) is 6.54 Å². The van der Waals surface area contributed by atoms with E-state index < -0.39 is 0 Å². The molecule has 3 aromatic rings. The van der Waals surface area contributed by atoms with Crippen LogP contribution >= 0.6 is 0 Å². The molecule has 0 atom stereocenters. The van der Waals surface area contributed by atoms with Crippen molar-refractivity contribution >= 4 is 17.5 Å². The van der Waals surface area contributed by atoms with Gasteiger partial charge in [-0.2, -0.15) is 0 Å². The zero-order chi connectivity index (χ0) is 20.1. The number of carbonyl (C=O) groups excluding carboxylic acids is 2. The van der Waals surface area contributed by atoms with E-state index in [9.17, 15) is 9.59 Å². The van der Waals surface area contributed by atoms with E-state index in [4.69, 9.17) is 9.47 Å². The van der Waals surface area contributed by atoms with Crippen molar-refractivity contribution in [3.63, 3.8) is 0 Å². The van der Waals surface area contributed by atoms with Crippen LogP contribution in [0.25, 0.3) is 0 Å². The van der Waals surface area contributed by atoms with Gasteiger partial charge in [0, 0.05) is 17.8 Å². The number of benzene rings is 3. The SMILES string of the molecule is O=C1NCc2ccc(NC(=O)c3ccccc3OCCOc3ccccc3)cc21. The quantitative estimate of drug-likeness (QED) is 0.606. The lowest BCUT2D eigenvalue weighted by Gasteiger charge is -2.12. The highest BCUT2D eigenvalue weighted by atomic mass is 16.5. The van der Waals surface area contributed by atoms with Gasteiger partial charge in [0.05, 0.1) is 5.56 Å². The monoisotopic (exact) mass is 388 g/mol. The van der Waals surface area contributed by atoms with Crippen LogP contribution in [0.5, 0.6) is 11.5 Å². The highest BCUT2D eigenvalue weighted by Crippen LogP contribution is 2.23. The fourth-order valence-electron chi connectivity index (χ4n) is 3.10. The Hall–Kier alpha value is -3.80. The molecule has 2 N–H and O–H groups in total. The van der Waals surface area contributed by atoms with E-state index in [1.807, 2.05) is 42.5 Å². The molecule has 0 unspecified atom stereocenters. The van der Waals surface area contributed by atoms with Crippen LogP contribution in [0, 0.1) is 0 Å². The molecule has 3 aromatic carbocycles. The van der Waals surface area contributed by atoms with Gasteiger partial charge < -0.3 is 20.1 Å². The first kappa shape index (κ1) is 18.6. The van der Waals surface area contributed by atoms with E-state index in [0.717, 1.165) is 11.3 Å². The summed E-state index contributed by atoms with van der Waals surface area (Å²) in [4.78, 5) is 24.6. The predicted octanol–water partition coefficient (Wildman–Crippen LogP) is 3.64. The van der Waals surface area contributed by atoms with Crippen LogP contribution in [0.3, 0.4) is 0 Å². The Morgan fingerprint density at radius 1 is 0.931 bits per heavy atom. The fourth-order valence-corrected chi connectivity index (χ4v) is 3.10. The standard InChI is InChI=1S/C23H20N2O4/c26-22-20-14-17(11-10-16(20)15-24-22)25-23(27)19-8-4-5-9-21(19)29-13-12-28-18-6-2-1-3-7-18/h1-11,14H,12-13,15H2,(H,24,26)(H,25,27). The molecule has 1 heterocycles. The maximum atomic E-state index is 12.7. The van der Waals surface area contributed by atoms with Crippen LogP contribution in [0.2, 0.25) is 0 Å². The van der Waals surface area contributed by atoms with Gasteiger partial charge in [-0.15, -0.1) is 0 Å².